The molecular weight excluding hydrogens is 404 g/mol. The Balaban J connectivity index is 2.94. The van der Waals surface area contributed by atoms with E-state index in [1.807, 2.05) is 0 Å². The second kappa shape index (κ2) is 13.9. The van der Waals surface area contributed by atoms with E-state index in [9.17, 15) is 24.3 Å². The average molecular weight is 443 g/mol. The lowest BCUT2D eigenvalue weighted by Crippen LogP contribution is -2.56. The van der Waals surface area contributed by atoms with Crippen molar-refractivity contribution in [3.8, 4) is 0 Å². The van der Waals surface area contributed by atoms with Crippen LogP contribution in [0, 0.1) is 0 Å². The third-order valence-corrected chi connectivity index (χ3v) is 5.38. The second-order valence-corrected chi connectivity index (χ2v) is 8.01. The van der Waals surface area contributed by atoms with E-state index < -0.39 is 47.9 Å². The fraction of sp³-hybridized carbons (Fsp3) is 0.800. The highest BCUT2D eigenvalue weighted by molar-refractivity contribution is 5.94. The van der Waals surface area contributed by atoms with E-state index in [2.05, 4.69) is 10.6 Å². The third-order valence-electron chi connectivity index (χ3n) is 5.38. The summed E-state index contributed by atoms with van der Waals surface area (Å²) in [5.41, 5.74) is 16.7. The number of rotatable bonds is 14. The molecule has 1 aliphatic rings. The van der Waals surface area contributed by atoms with Crippen LogP contribution in [0.3, 0.4) is 0 Å². The monoisotopic (exact) mass is 442 g/mol. The van der Waals surface area contributed by atoms with Gasteiger partial charge >= 0.3 is 5.97 Å². The molecule has 0 aliphatic carbocycles. The van der Waals surface area contributed by atoms with Crippen molar-refractivity contribution < 1.29 is 24.3 Å². The smallest absolute Gasteiger partial charge is 0.326 e. The van der Waals surface area contributed by atoms with Crippen molar-refractivity contribution in [2.75, 3.05) is 19.6 Å². The van der Waals surface area contributed by atoms with Crippen LogP contribution in [0.25, 0.3) is 0 Å². The van der Waals surface area contributed by atoms with Gasteiger partial charge in [0.2, 0.25) is 17.7 Å². The Bertz CT molecular complexity index is 615. The van der Waals surface area contributed by atoms with Gasteiger partial charge in [-0.15, -0.1) is 0 Å². The Kier molecular flexibility index (Phi) is 12.1. The van der Waals surface area contributed by atoms with E-state index in [1.165, 1.54) is 11.8 Å². The fourth-order valence-electron chi connectivity index (χ4n) is 3.57. The lowest BCUT2D eigenvalue weighted by atomic mass is 10.0. The number of carboxylic acids is 1. The number of carboxylic acid groups (broad SMARTS) is 1. The number of nitrogens with one attached hydrogen (secondary N) is 2. The largest absolute Gasteiger partial charge is 0.480 e. The summed E-state index contributed by atoms with van der Waals surface area (Å²) in [6.45, 7) is 2.76. The topological polar surface area (TPSA) is 194 Å². The first-order chi connectivity index (χ1) is 14.7. The van der Waals surface area contributed by atoms with Gasteiger partial charge in [-0.25, -0.2) is 4.79 Å². The maximum absolute atomic E-state index is 13.1. The third kappa shape index (κ3) is 8.80. The summed E-state index contributed by atoms with van der Waals surface area (Å²) in [5.74, 6) is -2.44. The molecule has 0 aromatic heterocycles. The molecule has 11 nitrogen and oxygen atoms in total. The highest BCUT2D eigenvalue weighted by atomic mass is 16.4. The van der Waals surface area contributed by atoms with Crippen molar-refractivity contribution in [1.82, 2.24) is 15.5 Å². The number of nitrogens with zero attached hydrogens (tertiary/aromatic N) is 1. The summed E-state index contributed by atoms with van der Waals surface area (Å²) in [7, 11) is 0. The summed E-state index contributed by atoms with van der Waals surface area (Å²) < 4.78 is 0. The number of nitrogens with two attached hydrogens (primary N) is 3. The molecule has 1 heterocycles. The molecule has 1 fully saturated rings. The molecule has 0 aromatic rings. The summed E-state index contributed by atoms with van der Waals surface area (Å²) in [4.78, 5) is 50.9. The highest BCUT2D eigenvalue weighted by Crippen LogP contribution is 2.20. The van der Waals surface area contributed by atoms with Crippen LogP contribution in [0.15, 0.2) is 0 Å². The number of hydrogen-bond donors (Lipinski definition) is 6. The molecule has 4 atom stereocenters. The highest BCUT2D eigenvalue weighted by Gasteiger charge is 2.38. The lowest BCUT2D eigenvalue weighted by Gasteiger charge is -2.29. The van der Waals surface area contributed by atoms with Crippen LogP contribution in [0.4, 0.5) is 0 Å². The van der Waals surface area contributed by atoms with E-state index in [4.69, 9.17) is 17.2 Å². The van der Waals surface area contributed by atoms with Gasteiger partial charge in [-0.2, -0.15) is 0 Å². The molecule has 1 saturated heterocycles. The van der Waals surface area contributed by atoms with Crippen molar-refractivity contribution in [3.63, 3.8) is 0 Å². The predicted octanol–water partition coefficient (Wildman–Crippen LogP) is -1.36. The first-order valence-electron chi connectivity index (χ1n) is 11.0. The first-order valence-corrected chi connectivity index (χ1v) is 11.0. The summed E-state index contributed by atoms with van der Waals surface area (Å²) >= 11 is 0. The van der Waals surface area contributed by atoms with E-state index in [0.717, 1.165) is 0 Å². The normalized spacial score (nSPS) is 18.8. The van der Waals surface area contributed by atoms with Gasteiger partial charge in [-0.1, -0.05) is 0 Å². The Morgan fingerprint density at radius 3 is 2.03 bits per heavy atom. The van der Waals surface area contributed by atoms with Gasteiger partial charge in [-0.3, -0.25) is 14.4 Å². The maximum Gasteiger partial charge on any atom is 0.326 e. The van der Waals surface area contributed by atoms with Crippen molar-refractivity contribution in [2.24, 2.45) is 17.2 Å². The molecule has 4 unspecified atom stereocenters. The van der Waals surface area contributed by atoms with Gasteiger partial charge in [0.05, 0.1) is 6.04 Å². The van der Waals surface area contributed by atoms with Crippen LogP contribution < -0.4 is 27.8 Å². The Hall–Kier alpha value is -2.24. The SMILES string of the molecule is CC(N)C(=O)NC(CCCCN)C(=O)NC(CCCCN)C(=O)N1CCCC1C(=O)O. The molecule has 31 heavy (non-hydrogen) atoms. The van der Waals surface area contributed by atoms with Gasteiger partial charge < -0.3 is 37.8 Å². The Morgan fingerprint density at radius 1 is 0.968 bits per heavy atom. The molecule has 0 spiro atoms. The molecule has 178 valence electrons. The van der Waals surface area contributed by atoms with E-state index >= 15 is 0 Å². The standard InChI is InChI=1S/C20H38N6O5/c1-13(23)17(27)24-14(7-2-4-10-21)18(28)25-15(8-3-5-11-22)19(29)26-12-6-9-16(26)20(30)31/h13-16H,2-12,21-23H2,1H3,(H,24,27)(H,25,28)(H,30,31). The number of unbranched alkanes of at least 4 members (excludes halogenated alkanes) is 2. The fourth-order valence-corrected chi connectivity index (χ4v) is 3.57. The minimum atomic E-state index is -1.05. The zero-order valence-electron chi connectivity index (χ0n) is 18.3. The van der Waals surface area contributed by atoms with Crippen LogP contribution in [-0.4, -0.2) is 77.5 Å². The summed E-state index contributed by atoms with van der Waals surface area (Å²) in [6.07, 6.45) is 4.24. The molecule has 9 N–H and O–H groups in total. The number of amides is 3. The van der Waals surface area contributed by atoms with Gasteiger partial charge in [0, 0.05) is 6.54 Å². The Morgan fingerprint density at radius 2 is 1.52 bits per heavy atom. The minimum Gasteiger partial charge on any atom is -0.480 e. The summed E-state index contributed by atoms with van der Waals surface area (Å²) in [6, 6.07) is -3.42. The number of likely N-dealkylation sites (tertiary alicyclic amines) is 1. The zero-order chi connectivity index (χ0) is 23.4. The van der Waals surface area contributed by atoms with Crippen molar-refractivity contribution in [3.05, 3.63) is 0 Å². The van der Waals surface area contributed by atoms with Crippen LogP contribution >= 0.6 is 0 Å². The number of carbonyl (C=O) groups is 4. The van der Waals surface area contributed by atoms with E-state index in [-0.39, 0.29) is 0 Å². The van der Waals surface area contributed by atoms with Crippen LogP contribution in [0.2, 0.25) is 0 Å². The molecule has 0 saturated carbocycles. The Labute approximate surface area is 183 Å². The van der Waals surface area contributed by atoms with Crippen LogP contribution in [0.1, 0.15) is 58.3 Å². The zero-order valence-corrected chi connectivity index (χ0v) is 18.3. The molecule has 1 rings (SSSR count). The van der Waals surface area contributed by atoms with Crippen molar-refractivity contribution >= 4 is 23.7 Å². The van der Waals surface area contributed by atoms with Gasteiger partial charge in [0.1, 0.15) is 18.1 Å². The maximum atomic E-state index is 13.1. The summed E-state index contributed by atoms with van der Waals surface area (Å²) in [5, 5.41) is 14.8. The van der Waals surface area contributed by atoms with Gasteiger partial charge in [0.15, 0.2) is 0 Å². The molecule has 0 aromatic carbocycles. The van der Waals surface area contributed by atoms with Crippen LogP contribution in [0.5, 0.6) is 0 Å². The number of carbonyl (C=O) groups excluding carboxylic acids is 3. The van der Waals surface area contributed by atoms with Gasteiger partial charge in [0.25, 0.3) is 0 Å². The molecule has 0 bridgehead atoms. The quantitative estimate of drug-likeness (QED) is 0.177. The average Bonchev–Trinajstić information content (AvgIpc) is 3.22. The molecular formula is C20H38N6O5. The van der Waals surface area contributed by atoms with Gasteiger partial charge in [-0.05, 0) is 71.4 Å². The first kappa shape index (κ1) is 26.8. The molecule has 0 radical (unpaired) electrons. The molecule has 1 aliphatic heterocycles. The predicted molar refractivity (Wildman–Crippen MR) is 116 cm³/mol. The second-order valence-electron chi connectivity index (χ2n) is 8.01. The minimum absolute atomic E-state index is 0.334. The number of hydrogen-bond acceptors (Lipinski definition) is 7. The molecule has 3 amide bonds. The van der Waals surface area contributed by atoms with E-state index in [0.29, 0.717) is 71.0 Å². The van der Waals surface area contributed by atoms with Crippen molar-refractivity contribution in [2.45, 2.75) is 82.5 Å². The lowest BCUT2D eigenvalue weighted by molar-refractivity contribution is -0.149. The van der Waals surface area contributed by atoms with E-state index in [1.54, 1.807) is 0 Å². The van der Waals surface area contributed by atoms with Crippen LogP contribution in [-0.2, 0) is 19.2 Å². The van der Waals surface area contributed by atoms with Crippen molar-refractivity contribution in [1.29, 1.82) is 0 Å². The number of aliphatic carboxylic acids is 1. The molecule has 11 heteroatoms.